The zero-order chi connectivity index (χ0) is 20.6. The molecule has 0 aliphatic heterocycles. The number of hydrogen-bond acceptors (Lipinski definition) is 4. The topological polar surface area (TPSA) is 76.7 Å². The lowest BCUT2D eigenvalue weighted by Gasteiger charge is -2.11. The predicted molar refractivity (Wildman–Crippen MR) is 110 cm³/mol. The Balaban J connectivity index is 1.55. The highest BCUT2D eigenvalue weighted by molar-refractivity contribution is 6.30. The average molecular weight is 411 g/mol. The van der Waals surface area contributed by atoms with Crippen LogP contribution in [0.3, 0.4) is 0 Å². The summed E-state index contributed by atoms with van der Waals surface area (Å²) in [6, 6.07) is 21.0. The lowest BCUT2D eigenvalue weighted by Crippen LogP contribution is -2.41. The standard InChI is InChI=1S/C22H19ClN2O4/c1-28-20-13-17(23)11-12-19(20)22(27)25-24-21(26)16-9-7-15(8-10-16)14-29-18-5-3-2-4-6-18/h2-13H,14H2,1H3,(H,24,26)(H,25,27). The summed E-state index contributed by atoms with van der Waals surface area (Å²) >= 11 is 5.89. The van der Waals surface area contributed by atoms with Crippen LogP contribution in [-0.4, -0.2) is 18.9 Å². The molecule has 2 amide bonds. The van der Waals surface area contributed by atoms with Crippen LogP contribution in [0.2, 0.25) is 5.02 Å². The van der Waals surface area contributed by atoms with Gasteiger partial charge in [-0.1, -0.05) is 41.9 Å². The van der Waals surface area contributed by atoms with Gasteiger partial charge in [-0.15, -0.1) is 0 Å². The van der Waals surface area contributed by atoms with Crippen molar-refractivity contribution in [1.29, 1.82) is 0 Å². The molecule has 148 valence electrons. The molecule has 0 fully saturated rings. The highest BCUT2D eigenvalue weighted by Gasteiger charge is 2.14. The highest BCUT2D eigenvalue weighted by atomic mass is 35.5. The molecule has 7 heteroatoms. The summed E-state index contributed by atoms with van der Waals surface area (Å²) in [6.07, 6.45) is 0. The number of hydrogen-bond donors (Lipinski definition) is 2. The Labute approximate surface area is 173 Å². The number of hydrazine groups is 1. The molecular formula is C22H19ClN2O4. The first-order chi connectivity index (χ1) is 14.1. The number of carbonyl (C=O) groups is 2. The van der Waals surface area contributed by atoms with Crippen LogP contribution >= 0.6 is 11.6 Å². The van der Waals surface area contributed by atoms with Gasteiger partial charge in [0.2, 0.25) is 0 Å². The molecule has 3 rings (SSSR count). The van der Waals surface area contributed by atoms with E-state index in [1.54, 1.807) is 30.3 Å². The minimum Gasteiger partial charge on any atom is -0.496 e. The molecule has 3 aromatic rings. The van der Waals surface area contributed by atoms with Crippen molar-refractivity contribution in [3.63, 3.8) is 0 Å². The van der Waals surface area contributed by atoms with Crippen molar-refractivity contribution in [3.05, 3.63) is 94.5 Å². The number of para-hydroxylation sites is 1. The van der Waals surface area contributed by atoms with E-state index >= 15 is 0 Å². The SMILES string of the molecule is COc1cc(Cl)ccc1C(=O)NNC(=O)c1ccc(COc2ccccc2)cc1. The number of amides is 2. The molecule has 0 atom stereocenters. The molecule has 0 aliphatic carbocycles. The van der Waals surface area contributed by atoms with E-state index in [9.17, 15) is 9.59 Å². The number of carbonyl (C=O) groups excluding carboxylic acids is 2. The molecular weight excluding hydrogens is 392 g/mol. The summed E-state index contributed by atoms with van der Waals surface area (Å²) in [5, 5.41) is 0.443. The monoisotopic (exact) mass is 410 g/mol. The number of nitrogens with one attached hydrogen (secondary N) is 2. The van der Waals surface area contributed by atoms with Crippen LogP contribution in [0.25, 0.3) is 0 Å². The fourth-order valence-corrected chi connectivity index (χ4v) is 2.70. The van der Waals surface area contributed by atoms with E-state index in [1.807, 2.05) is 30.3 Å². The fraction of sp³-hybridized carbons (Fsp3) is 0.0909. The second kappa shape index (κ2) is 9.61. The number of ether oxygens (including phenoxy) is 2. The van der Waals surface area contributed by atoms with E-state index < -0.39 is 11.8 Å². The summed E-state index contributed by atoms with van der Waals surface area (Å²) in [6.45, 7) is 0.388. The van der Waals surface area contributed by atoms with Gasteiger partial charge < -0.3 is 9.47 Å². The van der Waals surface area contributed by atoms with Crippen molar-refractivity contribution in [2.75, 3.05) is 7.11 Å². The van der Waals surface area contributed by atoms with Gasteiger partial charge in [0.15, 0.2) is 0 Å². The zero-order valence-corrected chi connectivity index (χ0v) is 16.4. The third kappa shape index (κ3) is 5.49. The van der Waals surface area contributed by atoms with Crippen LogP contribution in [0.15, 0.2) is 72.8 Å². The van der Waals surface area contributed by atoms with E-state index in [-0.39, 0.29) is 5.56 Å². The van der Waals surface area contributed by atoms with Gasteiger partial charge in [-0.05, 0) is 48.0 Å². The Hall–Kier alpha value is -3.51. The van der Waals surface area contributed by atoms with E-state index in [4.69, 9.17) is 21.1 Å². The van der Waals surface area contributed by atoms with Gasteiger partial charge >= 0.3 is 0 Å². The van der Waals surface area contributed by atoms with Gasteiger partial charge in [0, 0.05) is 10.6 Å². The fourth-order valence-electron chi connectivity index (χ4n) is 2.54. The van der Waals surface area contributed by atoms with Crippen molar-refractivity contribution < 1.29 is 19.1 Å². The van der Waals surface area contributed by atoms with Gasteiger partial charge in [-0.3, -0.25) is 20.4 Å². The van der Waals surface area contributed by atoms with E-state index in [1.165, 1.54) is 19.2 Å². The molecule has 0 radical (unpaired) electrons. The minimum atomic E-state index is -0.514. The number of halogens is 1. The lowest BCUT2D eigenvalue weighted by atomic mass is 10.1. The van der Waals surface area contributed by atoms with Crippen LogP contribution < -0.4 is 20.3 Å². The van der Waals surface area contributed by atoms with Crippen molar-refractivity contribution in [2.45, 2.75) is 6.61 Å². The molecule has 6 nitrogen and oxygen atoms in total. The van der Waals surface area contributed by atoms with E-state index in [2.05, 4.69) is 10.9 Å². The lowest BCUT2D eigenvalue weighted by molar-refractivity contribution is 0.0845. The summed E-state index contributed by atoms with van der Waals surface area (Å²) in [5.41, 5.74) is 6.32. The van der Waals surface area contributed by atoms with Gasteiger partial charge in [-0.25, -0.2) is 0 Å². The minimum absolute atomic E-state index is 0.255. The Bertz CT molecular complexity index is 991. The van der Waals surface area contributed by atoms with E-state index in [0.717, 1.165) is 11.3 Å². The number of benzene rings is 3. The molecule has 0 saturated heterocycles. The van der Waals surface area contributed by atoms with Gasteiger partial charge in [0.1, 0.15) is 18.1 Å². The molecule has 0 unspecified atom stereocenters. The summed E-state index contributed by atoms with van der Waals surface area (Å²) < 4.78 is 10.8. The maximum Gasteiger partial charge on any atom is 0.273 e. The van der Waals surface area contributed by atoms with Crippen LogP contribution in [0.5, 0.6) is 11.5 Å². The Morgan fingerprint density at radius 2 is 1.59 bits per heavy atom. The molecule has 0 aliphatic rings. The second-order valence-electron chi connectivity index (χ2n) is 6.05. The van der Waals surface area contributed by atoms with Crippen LogP contribution in [0.1, 0.15) is 26.3 Å². The largest absolute Gasteiger partial charge is 0.496 e. The predicted octanol–water partition coefficient (Wildman–Crippen LogP) is 4.00. The third-order valence-corrected chi connectivity index (χ3v) is 4.30. The maximum atomic E-state index is 12.3. The van der Waals surface area contributed by atoms with Gasteiger partial charge in [-0.2, -0.15) is 0 Å². The van der Waals surface area contributed by atoms with Gasteiger partial charge in [0.05, 0.1) is 12.7 Å². The molecule has 0 heterocycles. The summed E-state index contributed by atoms with van der Waals surface area (Å²) in [7, 11) is 1.43. The van der Waals surface area contributed by atoms with Crippen molar-refractivity contribution in [3.8, 4) is 11.5 Å². The Kier molecular flexibility index (Phi) is 6.71. The Morgan fingerprint density at radius 3 is 2.28 bits per heavy atom. The summed E-state index contributed by atoms with van der Waals surface area (Å²) in [5.74, 6) is 0.128. The molecule has 29 heavy (non-hydrogen) atoms. The third-order valence-electron chi connectivity index (χ3n) is 4.06. The molecule has 0 spiro atoms. The van der Waals surface area contributed by atoms with Crippen molar-refractivity contribution in [2.24, 2.45) is 0 Å². The first-order valence-corrected chi connectivity index (χ1v) is 9.15. The maximum absolute atomic E-state index is 12.3. The smallest absolute Gasteiger partial charge is 0.273 e. The highest BCUT2D eigenvalue weighted by Crippen LogP contribution is 2.22. The van der Waals surface area contributed by atoms with Crippen LogP contribution in [0, 0.1) is 0 Å². The summed E-state index contributed by atoms with van der Waals surface area (Å²) in [4.78, 5) is 24.6. The molecule has 0 saturated carbocycles. The van der Waals surface area contributed by atoms with Crippen molar-refractivity contribution in [1.82, 2.24) is 10.9 Å². The van der Waals surface area contributed by atoms with E-state index in [0.29, 0.717) is 22.9 Å². The molecule has 0 aromatic heterocycles. The normalized spacial score (nSPS) is 10.1. The molecule has 0 bridgehead atoms. The first-order valence-electron chi connectivity index (χ1n) is 8.78. The molecule has 2 N–H and O–H groups in total. The number of rotatable bonds is 6. The van der Waals surface area contributed by atoms with Crippen molar-refractivity contribution >= 4 is 23.4 Å². The zero-order valence-electron chi connectivity index (χ0n) is 15.6. The molecule has 3 aromatic carbocycles. The van der Waals surface area contributed by atoms with Crippen LogP contribution in [-0.2, 0) is 6.61 Å². The van der Waals surface area contributed by atoms with Crippen LogP contribution in [0.4, 0.5) is 0 Å². The van der Waals surface area contributed by atoms with Gasteiger partial charge in [0.25, 0.3) is 11.8 Å². The average Bonchev–Trinajstić information content (AvgIpc) is 2.76. The quantitative estimate of drug-likeness (QED) is 0.602. The first kappa shape index (κ1) is 20.2. The Morgan fingerprint density at radius 1 is 0.897 bits per heavy atom. The second-order valence-corrected chi connectivity index (χ2v) is 6.49. The number of methoxy groups -OCH3 is 1.